The molecule has 0 saturated carbocycles. The van der Waals surface area contributed by atoms with Crippen molar-refractivity contribution in [2.75, 3.05) is 17.2 Å². The smallest absolute Gasteiger partial charge is 0.323 e. The minimum Gasteiger partial charge on any atom is -0.466 e. The molecular weight excluding hydrogens is 478 g/mol. The van der Waals surface area contributed by atoms with Gasteiger partial charge in [0.15, 0.2) is 0 Å². The number of urea groups is 1. The van der Waals surface area contributed by atoms with Crippen molar-refractivity contribution in [3.63, 3.8) is 0 Å². The number of carbonyl (C=O) groups is 2. The molecule has 38 heavy (non-hydrogen) atoms. The number of nitrogens with zero attached hydrogens (tertiary/aromatic N) is 1. The number of hydrogen-bond donors (Lipinski definition) is 2. The quantitative estimate of drug-likeness (QED) is 0.270. The fourth-order valence-corrected chi connectivity index (χ4v) is 4.10. The summed E-state index contributed by atoms with van der Waals surface area (Å²) in [4.78, 5) is 37.2. The van der Waals surface area contributed by atoms with E-state index in [1.54, 1.807) is 35.9 Å². The number of nitrogens with one attached hydrogen (secondary N) is 2. The lowest BCUT2D eigenvalue weighted by Gasteiger charge is -2.11. The van der Waals surface area contributed by atoms with Crippen molar-refractivity contribution in [1.29, 1.82) is 0 Å². The third-order valence-corrected chi connectivity index (χ3v) is 6.17. The van der Waals surface area contributed by atoms with Crippen LogP contribution in [0, 0.1) is 6.92 Å². The Bertz CT molecular complexity index is 1460. The molecule has 0 aliphatic heterocycles. The Hall–Kier alpha value is -4.65. The molecule has 4 aromatic rings. The highest BCUT2D eigenvalue weighted by molar-refractivity contribution is 6.00. The predicted octanol–water partition coefficient (Wildman–Crippen LogP) is 6.01. The monoisotopic (exact) mass is 509 g/mol. The molecule has 1 heterocycles. The summed E-state index contributed by atoms with van der Waals surface area (Å²) in [5, 5.41) is 5.66. The summed E-state index contributed by atoms with van der Waals surface area (Å²) in [7, 11) is 0. The molecule has 2 amide bonds. The van der Waals surface area contributed by atoms with Crippen LogP contribution in [0.3, 0.4) is 0 Å². The van der Waals surface area contributed by atoms with Gasteiger partial charge < -0.3 is 19.9 Å². The Morgan fingerprint density at radius 1 is 0.842 bits per heavy atom. The molecule has 7 heteroatoms. The number of hydrogen-bond acceptors (Lipinski definition) is 4. The average Bonchev–Trinajstić information content (AvgIpc) is 2.91. The van der Waals surface area contributed by atoms with Crippen LogP contribution in [0.4, 0.5) is 16.2 Å². The average molecular weight is 510 g/mol. The van der Waals surface area contributed by atoms with Crippen molar-refractivity contribution in [1.82, 2.24) is 4.57 Å². The number of anilines is 2. The van der Waals surface area contributed by atoms with Crippen molar-refractivity contribution in [3.8, 4) is 11.1 Å². The van der Waals surface area contributed by atoms with Gasteiger partial charge in [0.25, 0.3) is 5.56 Å². The van der Waals surface area contributed by atoms with Crippen LogP contribution in [-0.2, 0) is 22.5 Å². The molecule has 0 atom stereocenters. The molecule has 0 aliphatic rings. The van der Waals surface area contributed by atoms with Gasteiger partial charge in [-0.3, -0.25) is 9.59 Å². The van der Waals surface area contributed by atoms with Gasteiger partial charge in [-0.1, -0.05) is 54.6 Å². The highest BCUT2D eigenvalue weighted by Crippen LogP contribution is 2.20. The molecule has 4 rings (SSSR count). The van der Waals surface area contributed by atoms with Gasteiger partial charge in [0.05, 0.1) is 13.2 Å². The van der Waals surface area contributed by atoms with Crippen LogP contribution in [0.15, 0.2) is 95.9 Å². The van der Waals surface area contributed by atoms with Crippen molar-refractivity contribution in [2.24, 2.45) is 0 Å². The molecule has 0 unspecified atom stereocenters. The molecule has 0 aliphatic carbocycles. The van der Waals surface area contributed by atoms with Crippen LogP contribution in [0.5, 0.6) is 0 Å². The second kappa shape index (κ2) is 12.5. The van der Waals surface area contributed by atoms with E-state index in [4.69, 9.17) is 4.74 Å². The number of benzene rings is 3. The van der Waals surface area contributed by atoms with E-state index >= 15 is 0 Å². The highest BCUT2D eigenvalue weighted by atomic mass is 16.5. The first-order valence-corrected chi connectivity index (χ1v) is 12.6. The maximum atomic E-state index is 13.2. The van der Waals surface area contributed by atoms with Gasteiger partial charge in [-0.2, -0.15) is 0 Å². The number of carbonyl (C=O) groups excluding carboxylic acids is 2. The van der Waals surface area contributed by atoms with E-state index in [9.17, 15) is 14.4 Å². The summed E-state index contributed by atoms with van der Waals surface area (Å²) in [6, 6.07) is 26.0. The zero-order valence-corrected chi connectivity index (χ0v) is 21.6. The Labute approximate surface area is 222 Å². The van der Waals surface area contributed by atoms with E-state index in [1.807, 2.05) is 73.7 Å². The van der Waals surface area contributed by atoms with Crippen LogP contribution < -0.4 is 16.2 Å². The number of aryl methyl sites for hydroxylation is 2. The van der Waals surface area contributed by atoms with Crippen LogP contribution in [0.25, 0.3) is 11.1 Å². The number of esters is 1. The summed E-state index contributed by atoms with van der Waals surface area (Å²) in [5.41, 5.74) is 5.63. The number of ether oxygens (including phenoxy) is 1. The lowest BCUT2D eigenvalue weighted by atomic mass is 10.1. The first kappa shape index (κ1) is 26.4. The van der Waals surface area contributed by atoms with Gasteiger partial charge >= 0.3 is 12.0 Å². The molecule has 7 nitrogen and oxygen atoms in total. The van der Waals surface area contributed by atoms with Crippen LogP contribution in [0.2, 0.25) is 0 Å². The van der Waals surface area contributed by atoms with Gasteiger partial charge in [-0.15, -0.1) is 0 Å². The van der Waals surface area contributed by atoms with Crippen molar-refractivity contribution >= 4 is 23.4 Å². The molecule has 3 aromatic carbocycles. The third kappa shape index (κ3) is 6.97. The van der Waals surface area contributed by atoms with Crippen LogP contribution >= 0.6 is 0 Å². The minimum absolute atomic E-state index is 0.100. The van der Waals surface area contributed by atoms with E-state index in [0.29, 0.717) is 37.2 Å². The van der Waals surface area contributed by atoms with E-state index in [-0.39, 0.29) is 17.6 Å². The number of pyridine rings is 1. The first-order valence-electron chi connectivity index (χ1n) is 12.6. The second-order valence-electron chi connectivity index (χ2n) is 8.95. The summed E-state index contributed by atoms with van der Waals surface area (Å²) < 4.78 is 6.65. The van der Waals surface area contributed by atoms with Crippen molar-refractivity contribution in [2.45, 2.75) is 33.2 Å². The molecular formula is C31H31N3O4. The van der Waals surface area contributed by atoms with E-state index in [2.05, 4.69) is 10.6 Å². The van der Waals surface area contributed by atoms with Crippen molar-refractivity contribution < 1.29 is 14.3 Å². The van der Waals surface area contributed by atoms with Gasteiger partial charge in [0.2, 0.25) is 0 Å². The largest absolute Gasteiger partial charge is 0.466 e. The van der Waals surface area contributed by atoms with Crippen LogP contribution in [0.1, 0.15) is 30.0 Å². The maximum Gasteiger partial charge on any atom is 0.323 e. The fraction of sp³-hybridized carbons (Fsp3) is 0.194. The Balaban J connectivity index is 1.40. The van der Waals surface area contributed by atoms with E-state index in [1.165, 1.54) is 0 Å². The third-order valence-electron chi connectivity index (χ3n) is 6.17. The molecule has 0 radical (unpaired) electrons. The number of rotatable bonds is 9. The van der Waals surface area contributed by atoms with Crippen LogP contribution in [-0.4, -0.2) is 23.2 Å². The molecule has 0 bridgehead atoms. The summed E-state index contributed by atoms with van der Waals surface area (Å²) in [6.07, 6.45) is 2.74. The molecule has 0 saturated heterocycles. The Morgan fingerprint density at radius 2 is 1.55 bits per heavy atom. The topological polar surface area (TPSA) is 89.4 Å². The normalized spacial score (nSPS) is 10.6. The number of aromatic nitrogens is 1. The van der Waals surface area contributed by atoms with E-state index in [0.717, 1.165) is 27.9 Å². The van der Waals surface area contributed by atoms with Gasteiger partial charge in [0, 0.05) is 29.6 Å². The molecule has 0 spiro atoms. The van der Waals surface area contributed by atoms with Crippen molar-refractivity contribution in [3.05, 3.63) is 118 Å². The predicted molar refractivity (Wildman–Crippen MR) is 150 cm³/mol. The lowest BCUT2D eigenvalue weighted by Crippen LogP contribution is -2.21. The highest BCUT2D eigenvalue weighted by Gasteiger charge is 2.09. The van der Waals surface area contributed by atoms with Gasteiger partial charge in [-0.05, 0) is 72.9 Å². The number of amides is 2. The van der Waals surface area contributed by atoms with E-state index < -0.39 is 0 Å². The molecule has 194 valence electrons. The zero-order valence-electron chi connectivity index (χ0n) is 21.6. The minimum atomic E-state index is -0.332. The van der Waals surface area contributed by atoms with Gasteiger partial charge in [-0.25, -0.2) is 4.79 Å². The Kier molecular flexibility index (Phi) is 8.72. The summed E-state index contributed by atoms with van der Waals surface area (Å²) >= 11 is 0. The maximum absolute atomic E-state index is 13.2. The lowest BCUT2D eigenvalue weighted by molar-refractivity contribution is -0.143. The first-order chi connectivity index (χ1) is 18.4. The Morgan fingerprint density at radius 3 is 2.26 bits per heavy atom. The molecule has 2 N–H and O–H groups in total. The second-order valence-corrected chi connectivity index (χ2v) is 8.95. The molecule has 1 aromatic heterocycles. The standard InChI is InChI=1S/C31H31N3O4/c1-3-38-29(35)19-14-23-10-12-24(13-11-23)21-34-20-6-8-27(30(34)36)25-15-17-26(18-16-25)32-31(37)33-28-9-5-4-7-22(28)2/h4-13,15-18,20H,3,14,19,21H2,1-2H3,(H2,32,33,37). The number of para-hydroxylation sites is 1. The van der Waals surface area contributed by atoms with Gasteiger partial charge in [0.1, 0.15) is 0 Å². The molecule has 0 fully saturated rings. The SMILES string of the molecule is CCOC(=O)CCc1ccc(Cn2cccc(-c3ccc(NC(=O)Nc4ccccc4C)cc3)c2=O)cc1. The fourth-order valence-electron chi connectivity index (χ4n) is 4.10. The zero-order chi connectivity index (χ0) is 26.9. The summed E-state index contributed by atoms with van der Waals surface area (Å²) in [5.74, 6) is -0.200. The summed E-state index contributed by atoms with van der Waals surface area (Å²) in [6.45, 7) is 4.55.